The van der Waals surface area contributed by atoms with Crippen LogP contribution in [0.1, 0.15) is 12.8 Å². The molecule has 1 aromatic carbocycles. The SMILES string of the molecule is C=C(C#N)C(=O)N1CCC(Oc2ncnc(N)c2-c2ccc(Oc3cccnc3)cc2)CC1. The average Bonchev–Trinajstić information content (AvgIpc) is 2.85. The molecule has 3 aromatic rings. The van der Waals surface area contributed by atoms with Crippen molar-refractivity contribution in [2.24, 2.45) is 0 Å². The van der Waals surface area contributed by atoms with E-state index in [2.05, 4.69) is 21.5 Å². The normalized spacial score (nSPS) is 13.7. The van der Waals surface area contributed by atoms with Crippen LogP contribution >= 0.6 is 0 Å². The first kappa shape index (κ1) is 21.8. The van der Waals surface area contributed by atoms with Gasteiger partial charge in [-0.3, -0.25) is 9.78 Å². The number of pyridine rings is 1. The fraction of sp³-hybridized carbons (Fsp3) is 0.208. The fourth-order valence-corrected chi connectivity index (χ4v) is 3.55. The number of rotatable bonds is 6. The second-order valence-electron chi connectivity index (χ2n) is 7.45. The molecule has 0 unspecified atom stereocenters. The van der Waals surface area contributed by atoms with E-state index < -0.39 is 0 Å². The lowest BCUT2D eigenvalue weighted by Gasteiger charge is -2.32. The standard InChI is InChI=1S/C24H22N6O3/c1-16(13-25)24(31)30-11-8-19(9-12-30)33-23-21(22(26)28-15-29-23)17-4-6-18(7-5-17)32-20-3-2-10-27-14-20/h2-7,10,14-15,19H,1,8-9,11-12H2,(H2,26,28,29). The number of hydrogen-bond acceptors (Lipinski definition) is 8. The summed E-state index contributed by atoms with van der Waals surface area (Å²) in [4.78, 5) is 26.2. The molecule has 0 bridgehead atoms. The van der Waals surface area contributed by atoms with Crippen LogP contribution in [0.4, 0.5) is 5.82 Å². The molecule has 33 heavy (non-hydrogen) atoms. The quantitative estimate of drug-likeness (QED) is 0.455. The van der Waals surface area contributed by atoms with E-state index >= 15 is 0 Å². The highest BCUT2D eigenvalue weighted by atomic mass is 16.5. The molecule has 0 radical (unpaired) electrons. The van der Waals surface area contributed by atoms with Crippen molar-refractivity contribution in [3.63, 3.8) is 0 Å². The van der Waals surface area contributed by atoms with Gasteiger partial charge in [-0.25, -0.2) is 9.97 Å². The number of hydrogen-bond donors (Lipinski definition) is 1. The summed E-state index contributed by atoms with van der Waals surface area (Å²) in [5.41, 5.74) is 7.50. The van der Waals surface area contributed by atoms with Crippen LogP contribution in [0.25, 0.3) is 11.1 Å². The van der Waals surface area contributed by atoms with Crippen molar-refractivity contribution in [1.82, 2.24) is 19.9 Å². The molecule has 1 amide bonds. The van der Waals surface area contributed by atoms with Crippen molar-refractivity contribution in [2.75, 3.05) is 18.8 Å². The number of carbonyl (C=O) groups is 1. The maximum absolute atomic E-state index is 12.1. The van der Waals surface area contributed by atoms with E-state index in [-0.39, 0.29) is 17.6 Å². The smallest absolute Gasteiger partial charge is 0.263 e. The zero-order chi connectivity index (χ0) is 23.2. The van der Waals surface area contributed by atoms with E-state index in [4.69, 9.17) is 20.5 Å². The largest absolute Gasteiger partial charge is 0.474 e. The van der Waals surface area contributed by atoms with Gasteiger partial charge in [0.2, 0.25) is 5.88 Å². The first-order valence-electron chi connectivity index (χ1n) is 10.4. The molecule has 9 nitrogen and oxygen atoms in total. The van der Waals surface area contributed by atoms with Gasteiger partial charge in [-0.2, -0.15) is 5.26 Å². The number of likely N-dealkylation sites (tertiary alicyclic amines) is 1. The number of nitrogens with zero attached hydrogens (tertiary/aromatic N) is 5. The van der Waals surface area contributed by atoms with Gasteiger partial charge < -0.3 is 20.1 Å². The minimum Gasteiger partial charge on any atom is -0.474 e. The van der Waals surface area contributed by atoms with Crippen molar-refractivity contribution >= 4 is 11.7 Å². The van der Waals surface area contributed by atoms with Crippen LogP contribution in [0.5, 0.6) is 17.4 Å². The van der Waals surface area contributed by atoms with Crippen LogP contribution in [0.15, 0.2) is 67.3 Å². The van der Waals surface area contributed by atoms with Crippen molar-refractivity contribution in [3.05, 3.63) is 67.3 Å². The third kappa shape index (κ3) is 5.07. The third-order valence-electron chi connectivity index (χ3n) is 5.26. The van der Waals surface area contributed by atoms with Crippen molar-refractivity contribution in [2.45, 2.75) is 18.9 Å². The molecule has 1 fully saturated rings. The molecule has 1 aliphatic heterocycles. The van der Waals surface area contributed by atoms with Gasteiger partial charge >= 0.3 is 0 Å². The number of nitrogen functional groups attached to an aromatic ring is 1. The monoisotopic (exact) mass is 442 g/mol. The topological polar surface area (TPSA) is 127 Å². The maximum Gasteiger partial charge on any atom is 0.263 e. The molecule has 1 saturated heterocycles. The van der Waals surface area contributed by atoms with E-state index in [1.807, 2.05) is 30.3 Å². The molecule has 4 rings (SSSR count). The molecular formula is C24H22N6O3. The minimum atomic E-state index is -0.337. The second kappa shape index (κ2) is 9.78. The Morgan fingerprint density at radius 2 is 1.91 bits per heavy atom. The number of piperidine rings is 1. The summed E-state index contributed by atoms with van der Waals surface area (Å²) in [7, 11) is 0. The Kier molecular flexibility index (Phi) is 6.45. The van der Waals surface area contributed by atoms with Gasteiger partial charge in [0.05, 0.1) is 11.8 Å². The first-order chi connectivity index (χ1) is 16.0. The Balaban J connectivity index is 1.46. The third-order valence-corrected chi connectivity index (χ3v) is 5.26. The highest BCUT2D eigenvalue weighted by Gasteiger charge is 2.26. The van der Waals surface area contributed by atoms with Gasteiger partial charge in [0.15, 0.2) is 0 Å². The number of anilines is 1. The summed E-state index contributed by atoms with van der Waals surface area (Å²) >= 11 is 0. The van der Waals surface area contributed by atoms with E-state index in [0.29, 0.717) is 54.7 Å². The Hall–Kier alpha value is -4.45. The first-order valence-corrected chi connectivity index (χ1v) is 10.4. The van der Waals surface area contributed by atoms with E-state index in [1.54, 1.807) is 29.4 Å². The average molecular weight is 442 g/mol. The van der Waals surface area contributed by atoms with Crippen LogP contribution in [0, 0.1) is 11.3 Å². The molecule has 2 aromatic heterocycles. The number of nitriles is 1. The van der Waals surface area contributed by atoms with Gasteiger partial charge in [0, 0.05) is 32.1 Å². The molecule has 0 spiro atoms. The molecule has 0 saturated carbocycles. The summed E-state index contributed by atoms with van der Waals surface area (Å²) in [6.45, 7) is 4.44. The van der Waals surface area contributed by atoms with Crippen molar-refractivity contribution in [1.29, 1.82) is 5.26 Å². The molecule has 2 N–H and O–H groups in total. The molecule has 166 valence electrons. The minimum absolute atomic E-state index is 0.0591. The number of benzene rings is 1. The van der Waals surface area contributed by atoms with Crippen molar-refractivity contribution < 1.29 is 14.3 Å². The van der Waals surface area contributed by atoms with Crippen LogP contribution in [-0.4, -0.2) is 45.0 Å². The predicted octanol–water partition coefficient (Wildman–Crippen LogP) is 3.36. The lowest BCUT2D eigenvalue weighted by molar-refractivity contribution is -0.128. The van der Waals surface area contributed by atoms with Crippen LogP contribution in [0.2, 0.25) is 0 Å². The summed E-state index contributed by atoms with van der Waals surface area (Å²) in [6.07, 6.45) is 5.74. The van der Waals surface area contributed by atoms with E-state index in [9.17, 15) is 4.79 Å². The Morgan fingerprint density at radius 1 is 1.15 bits per heavy atom. The Bertz CT molecular complexity index is 1180. The van der Waals surface area contributed by atoms with Gasteiger partial charge in [0.25, 0.3) is 5.91 Å². The fourth-order valence-electron chi connectivity index (χ4n) is 3.55. The number of carbonyl (C=O) groups excluding carboxylic acids is 1. The van der Waals surface area contributed by atoms with E-state index in [1.165, 1.54) is 6.33 Å². The summed E-state index contributed by atoms with van der Waals surface area (Å²) in [6, 6.07) is 12.8. The second-order valence-corrected chi connectivity index (χ2v) is 7.45. The predicted molar refractivity (Wildman–Crippen MR) is 121 cm³/mol. The highest BCUT2D eigenvalue weighted by Crippen LogP contribution is 2.35. The number of ether oxygens (including phenoxy) is 2. The maximum atomic E-state index is 12.1. The van der Waals surface area contributed by atoms with Gasteiger partial charge in [-0.05, 0) is 29.8 Å². The highest BCUT2D eigenvalue weighted by molar-refractivity contribution is 5.96. The lowest BCUT2D eigenvalue weighted by Crippen LogP contribution is -2.42. The molecule has 3 heterocycles. The lowest BCUT2D eigenvalue weighted by atomic mass is 10.1. The molecule has 1 aliphatic rings. The number of amides is 1. The zero-order valence-corrected chi connectivity index (χ0v) is 17.8. The summed E-state index contributed by atoms with van der Waals surface area (Å²) in [5, 5.41) is 8.88. The van der Waals surface area contributed by atoms with Gasteiger partial charge in [-0.1, -0.05) is 18.7 Å². The van der Waals surface area contributed by atoms with Crippen molar-refractivity contribution in [3.8, 4) is 34.6 Å². The Labute approximate surface area is 191 Å². The van der Waals surface area contributed by atoms with E-state index in [0.717, 1.165) is 5.56 Å². The summed E-state index contributed by atoms with van der Waals surface area (Å²) in [5.74, 6) is 1.64. The molecular weight excluding hydrogens is 420 g/mol. The van der Waals surface area contributed by atoms with Crippen LogP contribution < -0.4 is 15.2 Å². The van der Waals surface area contributed by atoms with Gasteiger partial charge in [-0.15, -0.1) is 0 Å². The Morgan fingerprint density at radius 3 is 2.58 bits per heavy atom. The molecule has 0 atom stereocenters. The van der Waals surface area contributed by atoms with Gasteiger partial charge in [0.1, 0.15) is 41.4 Å². The molecule has 9 heteroatoms. The van der Waals surface area contributed by atoms with Crippen LogP contribution in [0.3, 0.4) is 0 Å². The molecule has 0 aliphatic carbocycles. The number of aromatic nitrogens is 3. The summed E-state index contributed by atoms with van der Waals surface area (Å²) < 4.78 is 12.0. The zero-order valence-electron chi connectivity index (χ0n) is 17.8. The number of nitrogens with two attached hydrogens (primary N) is 1. The van der Waals surface area contributed by atoms with Crippen LogP contribution in [-0.2, 0) is 4.79 Å².